The molecule has 29 heavy (non-hydrogen) atoms. The van der Waals surface area contributed by atoms with E-state index in [4.69, 9.17) is 15.9 Å². The fourth-order valence-electron chi connectivity index (χ4n) is 3.36. The van der Waals surface area contributed by atoms with Crippen molar-refractivity contribution in [3.63, 3.8) is 0 Å². The van der Waals surface area contributed by atoms with Gasteiger partial charge in [0.15, 0.2) is 0 Å². The number of carbonyl (C=O) groups excluding carboxylic acids is 1. The maximum atomic E-state index is 12.4. The molecule has 5 nitrogen and oxygen atoms in total. The highest BCUT2D eigenvalue weighted by molar-refractivity contribution is 5.95. The maximum Gasteiger partial charge on any atom is 0.343 e. The summed E-state index contributed by atoms with van der Waals surface area (Å²) in [4.78, 5) is 12.4. The molecule has 3 N–H and O–H groups in total. The summed E-state index contributed by atoms with van der Waals surface area (Å²) in [5, 5.41) is 8.62. The fourth-order valence-corrected chi connectivity index (χ4v) is 3.36. The van der Waals surface area contributed by atoms with Crippen molar-refractivity contribution in [2.24, 2.45) is 5.73 Å². The molecular weight excluding hydrogens is 362 g/mol. The van der Waals surface area contributed by atoms with Crippen molar-refractivity contribution < 1.29 is 9.53 Å². The summed E-state index contributed by atoms with van der Waals surface area (Å²) in [5.41, 5.74) is 10.0. The Morgan fingerprint density at radius 3 is 2.31 bits per heavy atom. The van der Waals surface area contributed by atoms with E-state index in [1.165, 1.54) is 16.6 Å². The number of para-hydroxylation sites is 1. The third kappa shape index (κ3) is 3.89. The number of amidine groups is 1. The summed E-state index contributed by atoms with van der Waals surface area (Å²) in [6.07, 6.45) is 0. The van der Waals surface area contributed by atoms with Crippen molar-refractivity contribution in [3.05, 3.63) is 101 Å². The van der Waals surface area contributed by atoms with Gasteiger partial charge in [-0.3, -0.25) is 5.41 Å². The minimum atomic E-state index is -0.422. The number of aromatic nitrogens is 1. The minimum absolute atomic E-state index is 0.0239. The molecule has 0 fully saturated rings. The molecule has 0 aliphatic heterocycles. The second-order valence-electron chi connectivity index (χ2n) is 6.96. The molecular formula is C24H21N3O2. The number of nitrogens with one attached hydrogen (secondary N) is 1. The molecule has 144 valence electrons. The van der Waals surface area contributed by atoms with Crippen LogP contribution in [-0.4, -0.2) is 16.4 Å². The Bertz CT molecular complexity index is 1190. The molecule has 0 aliphatic carbocycles. The number of benzene rings is 3. The quantitative estimate of drug-likeness (QED) is 0.230. The number of nitrogen functional groups attached to an aromatic ring is 1. The van der Waals surface area contributed by atoms with Crippen molar-refractivity contribution in [2.45, 2.75) is 13.5 Å². The Morgan fingerprint density at radius 1 is 0.966 bits per heavy atom. The van der Waals surface area contributed by atoms with Crippen LogP contribution in [0.2, 0.25) is 0 Å². The topological polar surface area (TPSA) is 81.1 Å². The Hall–Kier alpha value is -3.86. The monoisotopic (exact) mass is 383 g/mol. The molecule has 0 aliphatic rings. The molecule has 0 spiro atoms. The largest absolute Gasteiger partial charge is 0.423 e. The summed E-state index contributed by atoms with van der Waals surface area (Å²) in [6.45, 7) is 2.84. The number of fused-ring (bicyclic) bond motifs is 1. The van der Waals surface area contributed by atoms with E-state index in [-0.39, 0.29) is 5.84 Å². The third-order valence-electron chi connectivity index (χ3n) is 4.92. The third-order valence-corrected chi connectivity index (χ3v) is 4.92. The Balaban J connectivity index is 1.47. The minimum Gasteiger partial charge on any atom is -0.423 e. The first-order chi connectivity index (χ1) is 14.0. The second-order valence-corrected chi connectivity index (χ2v) is 6.96. The number of hydrogen-bond donors (Lipinski definition) is 2. The van der Waals surface area contributed by atoms with Crippen LogP contribution < -0.4 is 10.5 Å². The molecule has 0 saturated carbocycles. The highest BCUT2D eigenvalue weighted by Crippen LogP contribution is 2.21. The molecule has 3 aromatic carbocycles. The maximum absolute atomic E-state index is 12.4. The molecule has 0 amide bonds. The first-order valence-corrected chi connectivity index (χ1v) is 9.32. The molecule has 0 atom stereocenters. The number of nitrogens with zero attached hydrogens (tertiary/aromatic N) is 1. The SMILES string of the molecule is Cc1cc2ccccc2n1Cc1ccc(C(=O)Oc2ccc(C(=N)N)cc2)cc1. The van der Waals surface area contributed by atoms with E-state index in [1.807, 2.05) is 24.3 Å². The van der Waals surface area contributed by atoms with E-state index in [0.717, 1.165) is 12.1 Å². The second kappa shape index (κ2) is 7.64. The lowest BCUT2D eigenvalue weighted by molar-refractivity contribution is 0.0734. The lowest BCUT2D eigenvalue weighted by Gasteiger charge is -2.10. The molecule has 5 heteroatoms. The van der Waals surface area contributed by atoms with Gasteiger partial charge >= 0.3 is 5.97 Å². The van der Waals surface area contributed by atoms with Gasteiger partial charge in [-0.1, -0.05) is 30.3 Å². The van der Waals surface area contributed by atoms with E-state index in [0.29, 0.717) is 16.9 Å². The molecule has 0 saturated heterocycles. The number of carbonyl (C=O) groups is 1. The van der Waals surface area contributed by atoms with Gasteiger partial charge in [-0.05, 0) is 66.4 Å². The molecule has 0 unspecified atom stereocenters. The summed E-state index contributed by atoms with van der Waals surface area (Å²) < 4.78 is 7.67. The van der Waals surface area contributed by atoms with Gasteiger partial charge in [-0.2, -0.15) is 0 Å². The van der Waals surface area contributed by atoms with Gasteiger partial charge in [-0.25, -0.2) is 4.79 Å². The zero-order chi connectivity index (χ0) is 20.4. The van der Waals surface area contributed by atoms with Crippen LogP contribution in [0.3, 0.4) is 0 Å². The van der Waals surface area contributed by atoms with Gasteiger partial charge < -0.3 is 15.0 Å². The summed E-state index contributed by atoms with van der Waals surface area (Å²) >= 11 is 0. The lowest BCUT2D eigenvalue weighted by Crippen LogP contribution is -2.11. The Morgan fingerprint density at radius 2 is 1.62 bits per heavy atom. The number of hydrogen-bond acceptors (Lipinski definition) is 3. The van der Waals surface area contributed by atoms with Crippen LogP contribution in [0.25, 0.3) is 10.9 Å². The predicted octanol–water partition coefficient (Wildman–Crippen LogP) is 4.50. The van der Waals surface area contributed by atoms with Crippen LogP contribution in [0, 0.1) is 12.3 Å². The zero-order valence-corrected chi connectivity index (χ0v) is 16.1. The van der Waals surface area contributed by atoms with Crippen LogP contribution >= 0.6 is 0 Å². The molecule has 4 rings (SSSR count). The zero-order valence-electron chi connectivity index (χ0n) is 16.1. The van der Waals surface area contributed by atoms with Crippen LogP contribution in [-0.2, 0) is 6.54 Å². The van der Waals surface area contributed by atoms with Gasteiger partial charge in [0.25, 0.3) is 0 Å². The average molecular weight is 383 g/mol. The number of rotatable bonds is 5. The van der Waals surface area contributed by atoms with Crippen molar-refractivity contribution >= 4 is 22.7 Å². The van der Waals surface area contributed by atoms with E-state index < -0.39 is 5.97 Å². The Kier molecular flexibility index (Phi) is 4.87. The highest BCUT2D eigenvalue weighted by Gasteiger charge is 2.10. The molecule has 0 radical (unpaired) electrons. The van der Waals surface area contributed by atoms with Gasteiger partial charge in [-0.15, -0.1) is 0 Å². The molecule has 0 bridgehead atoms. The van der Waals surface area contributed by atoms with Gasteiger partial charge in [0.1, 0.15) is 11.6 Å². The number of esters is 1. The fraction of sp³-hybridized carbons (Fsp3) is 0.0833. The lowest BCUT2D eigenvalue weighted by atomic mass is 10.1. The number of nitrogens with two attached hydrogens (primary N) is 1. The van der Waals surface area contributed by atoms with Crippen LogP contribution in [0.5, 0.6) is 5.75 Å². The first kappa shape index (κ1) is 18.5. The van der Waals surface area contributed by atoms with E-state index in [1.54, 1.807) is 36.4 Å². The summed E-state index contributed by atoms with van der Waals surface area (Å²) in [6, 6.07) is 24.5. The van der Waals surface area contributed by atoms with Gasteiger partial charge in [0.2, 0.25) is 0 Å². The van der Waals surface area contributed by atoms with Crippen LogP contribution in [0.1, 0.15) is 27.2 Å². The first-order valence-electron chi connectivity index (χ1n) is 9.32. The number of ether oxygens (including phenoxy) is 1. The van der Waals surface area contributed by atoms with E-state index in [2.05, 4.69) is 29.7 Å². The molecule has 1 heterocycles. The van der Waals surface area contributed by atoms with Gasteiger partial charge in [0.05, 0.1) is 5.56 Å². The average Bonchev–Trinajstić information content (AvgIpc) is 3.04. The van der Waals surface area contributed by atoms with Crippen LogP contribution in [0.15, 0.2) is 78.9 Å². The van der Waals surface area contributed by atoms with Gasteiger partial charge in [0, 0.05) is 23.3 Å². The molecule has 4 aromatic rings. The summed E-state index contributed by atoms with van der Waals surface area (Å²) in [7, 11) is 0. The number of aryl methyl sites for hydroxylation is 1. The van der Waals surface area contributed by atoms with Crippen molar-refractivity contribution in [1.82, 2.24) is 4.57 Å². The van der Waals surface area contributed by atoms with Crippen LogP contribution in [0.4, 0.5) is 0 Å². The Labute approximate surface area is 168 Å². The standard InChI is InChI=1S/C24H21N3O2/c1-16-14-20-4-2-3-5-22(20)27(16)15-17-6-8-19(9-7-17)24(28)29-21-12-10-18(11-13-21)23(25)26/h2-14H,15H2,1H3,(H3,25,26). The normalized spacial score (nSPS) is 10.8. The van der Waals surface area contributed by atoms with Crippen molar-refractivity contribution in [2.75, 3.05) is 0 Å². The van der Waals surface area contributed by atoms with Crippen molar-refractivity contribution in [1.29, 1.82) is 5.41 Å². The smallest absolute Gasteiger partial charge is 0.343 e. The van der Waals surface area contributed by atoms with E-state index >= 15 is 0 Å². The molecule has 1 aromatic heterocycles. The van der Waals surface area contributed by atoms with Crippen molar-refractivity contribution in [3.8, 4) is 5.75 Å². The van der Waals surface area contributed by atoms with E-state index in [9.17, 15) is 4.79 Å². The predicted molar refractivity (Wildman–Crippen MR) is 115 cm³/mol. The highest BCUT2D eigenvalue weighted by atomic mass is 16.5. The summed E-state index contributed by atoms with van der Waals surface area (Å²) in [5.74, 6) is -0.0302.